The Bertz CT molecular complexity index is 1170. The van der Waals surface area contributed by atoms with Crippen LogP contribution in [-0.4, -0.2) is 10.5 Å². The van der Waals surface area contributed by atoms with Crippen LogP contribution in [-0.2, 0) is 11.3 Å². The molecule has 1 N–H and O–H groups in total. The van der Waals surface area contributed by atoms with Gasteiger partial charge in [-0.05, 0) is 30.3 Å². The molecule has 3 rings (SSSR count). The van der Waals surface area contributed by atoms with Gasteiger partial charge in [-0.1, -0.05) is 41.4 Å². The number of halogens is 2. The molecular formula is C21H14Cl2N4O. The molecule has 0 aliphatic rings. The lowest BCUT2D eigenvalue weighted by Gasteiger charge is -2.06. The van der Waals surface area contributed by atoms with Crippen LogP contribution in [0.4, 0.5) is 5.69 Å². The number of rotatable bonds is 5. The lowest BCUT2D eigenvalue weighted by atomic mass is 10.1. The van der Waals surface area contributed by atoms with E-state index in [1.165, 1.54) is 12.1 Å². The predicted molar refractivity (Wildman–Crippen MR) is 111 cm³/mol. The van der Waals surface area contributed by atoms with E-state index in [1.54, 1.807) is 12.1 Å². The Kier molecular flexibility index (Phi) is 6.01. The van der Waals surface area contributed by atoms with Gasteiger partial charge < -0.3 is 9.88 Å². The molecule has 0 unspecified atom stereocenters. The molecule has 3 aromatic rings. The van der Waals surface area contributed by atoms with E-state index in [2.05, 4.69) is 11.4 Å². The van der Waals surface area contributed by atoms with Gasteiger partial charge in [0.25, 0.3) is 5.91 Å². The number of aromatic nitrogens is 1. The summed E-state index contributed by atoms with van der Waals surface area (Å²) in [5, 5.41) is 22.6. The van der Waals surface area contributed by atoms with E-state index in [-0.39, 0.29) is 5.57 Å². The second-order valence-corrected chi connectivity index (χ2v) is 6.79. The summed E-state index contributed by atoms with van der Waals surface area (Å²) in [7, 11) is 0. The summed E-state index contributed by atoms with van der Waals surface area (Å²) in [5.41, 5.74) is 1.91. The number of aryl methyl sites for hydroxylation is 1. The largest absolute Gasteiger partial charge is 0.346 e. The van der Waals surface area contributed by atoms with Crippen molar-refractivity contribution in [2.75, 3.05) is 5.32 Å². The fraction of sp³-hybridized carbons (Fsp3) is 0.0952. The summed E-state index contributed by atoms with van der Waals surface area (Å²) < 4.78 is 1.94. The second-order valence-electron chi connectivity index (χ2n) is 5.95. The maximum atomic E-state index is 12.6. The zero-order chi connectivity index (χ0) is 20.1. The first-order valence-corrected chi connectivity index (χ1v) is 9.12. The average molecular weight is 409 g/mol. The third-order valence-electron chi connectivity index (χ3n) is 4.13. The van der Waals surface area contributed by atoms with Crippen LogP contribution in [0.15, 0.2) is 54.2 Å². The van der Waals surface area contributed by atoms with E-state index in [1.807, 2.05) is 41.1 Å². The van der Waals surface area contributed by atoms with Gasteiger partial charge in [-0.25, -0.2) is 0 Å². The van der Waals surface area contributed by atoms with Crippen molar-refractivity contribution >= 4 is 51.8 Å². The molecule has 0 saturated carbocycles. The molecule has 28 heavy (non-hydrogen) atoms. The number of carbonyl (C=O) groups excluding carboxylic acids is 1. The standard InChI is InChI=1S/C21H14Cl2N4O/c22-16-6-7-18(23)19(11-16)26-21(28)14(12-25)10-15-13-27(9-3-8-24)20-5-2-1-4-17(15)20/h1-2,4-7,10-11,13H,3,9H2,(H,26,28). The maximum absolute atomic E-state index is 12.6. The van der Waals surface area contributed by atoms with Crippen LogP contribution in [0.25, 0.3) is 17.0 Å². The fourth-order valence-corrected chi connectivity index (χ4v) is 3.17. The number of fused-ring (bicyclic) bond motifs is 1. The van der Waals surface area contributed by atoms with Crippen molar-refractivity contribution in [2.45, 2.75) is 13.0 Å². The number of hydrogen-bond donors (Lipinski definition) is 1. The van der Waals surface area contributed by atoms with Gasteiger partial charge in [0, 0.05) is 34.2 Å². The Labute approximate surface area is 172 Å². The van der Waals surface area contributed by atoms with Crippen molar-refractivity contribution in [3.8, 4) is 12.1 Å². The monoisotopic (exact) mass is 408 g/mol. The summed E-state index contributed by atoms with van der Waals surface area (Å²) in [6, 6.07) is 16.4. The third-order valence-corrected chi connectivity index (χ3v) is 4.69. The number of amides is 1. The van der Waals surface area contributed by atoms with Crippen molar-refractivity contribution in [3.63, 3.8) is 0 Å². The highest BCUT2D eigenvalue weighted by Crippen LogP contribution is 2.27. The van der Waals surface area contributed by atoms with Gasteiger partial charge in [-0.3, -0.25) is 4.79 Å². The first-order chi connectivity index (χ1) is 13.5. The van der Waals surface area contributed by atoms with E-state index >= 15 is 0 Å². The van der Waals surface area contributed by atoms with Gasteiger partial charge in [0.1, 0.15) is 11.6 Å². The third kappa shape index (κ3) is 4.18. The van der Waals surface area contributed by atoms with Crippen LogP contribution < -0.4 is 5.32 Å². The normalized spacial score (nSPS) is 11.1. The second kappa shape index (κ2) is 8.63. The fourth-order valence-electron chi connectivity index (χ4n) is 2.83. The molecule has 0 spiro atoms. The molecular weight excluding hydrogens is 395 g/mol. The Morgan fingerprint density at radius 2 is 1.96 bits per heavy atom. The molecule has 5 nitrogen and oxygen atoms in total. The van der Waals surface area contributed by atoms with Crippen molar-refractivity contribution in [1.82, 2.24) is 4.57 Å². The minimum atomic E-state index is -0.583. The van der Waals surface area contributed by atoms with Gasteiger partial charge in [0.05, 0.1) is 23.2 Å². The van der Waals surface area contributed by atoms with E-state index < -0.39 is 5.91 Å². The Morgan fingerprint density at radius 3 is 2.71 bits per heavy atom. The molecule has 0 fully saturated rings. The average Bonchev–Trinajstić information content (AvgIpc) is 3.04. The molecule has 1 aromatic heterocycles. The molecule has 0 aliphatic carbocycles. The van der Waals surface area contributed by atoms with Crippen molar-refractivity contribution in [3.05, 3.63) is 69.8 Å². The molecule has 0 saturated heterocycles. The highest BCUT2D eigenvalue weighted by molar-refractivity contribution is 6.36. The van der Waals surface area contributed by atoms with Crippen LogP contribution in [0.5, 0.6) is 0 Å². The minimum Gasteiger partial charge on any atom is -0.346 e. The highest BCUT2D eigenvalue weighted by Gasteiger charge is 2.14. The number of benzene rings is 2. The molecule has 0 atom stereocenters. The van der Waals surface area contributed by atoms with Gasteiger partial charge in [-0.2, -0.15) is 10.5 Å². The first-order valence-electron chi connectivity index (χ1n) is 8.36. The first kappa shape index (κ1) is 19.5. The zero-order valence-electron chi connectivity index (χ0n) is 14.6. The molecule has 138 valence electrons. The number of nitrogens with zero attached hydrogens (tertiary/aromatic N) is 3. The number of hydrogen-bond acceptors (Lipinski definition) is 3. The lowest BCUT2D eigenvalue weighted by molar-refractivity contribution is -0.112. The van der Waals surface area contributed by atoms with Gasteiger partial charge in [0.15, 0.2) is 0 Å². The number of anilines is 1. The Balaban J connectivity index is 1.96. The SMILES string of the molecule is N#CCCn1cc(C=C(C#N)C(=O)Nc2cc(Cl)ccc2Cl)c2ccccc21. The quantitative estimate of drug-likeness (QED) is 0.452. The van der Waals surface area contributed by atoms with E-state index in [0.717, 1.165) is 16.5 Å². The van der Waals surface area contributed by atoms with E-state index in [0.29, 0.717) is 28.7 Å². The smallest absolute Gasteiger partial charge is 0.266 e. The molecule has 2 aromatic carbocycles. The summed E-state index contributed by atoms with van der Waals surface area (Å²) in [4.78, 5) is 12.6. The summed E-state index contributed by atoms with van der Waals surface area (Å²) in [6.45, 7) is 0.525. The van der Waals surface area contributed by atoms with Gasteiger partial charge >= 0.3 is 0 Å². The van der Waals surface area contributed by atoms with E-state index in [9.17, 15) is 10.1 Å². The molecule has 0 aliphatic heterocycles. The number of para-hydroxylation sites is 1. The van der Waals surface area contributed by atoms with Gasteiger partial charge in [0.2, 0.25) is 0 Å². The summed E-state index contributed by atoms with van der Waals surface area (Å²) in [5.74, 6) is -0.583. The van der Waals surface area contributed by atoms with Crippen LogP contribution in [0.1, 0.15) is 12.0 Å². The highest BCUT2D eigenvalue weighted by atomic mass is 35.5. The number of nitriles is 2. The molecule has 7 heteroatoms. The topological polar surface area (TPSA) is 81.6 Å². The zero-order valence-corrected chi connectivity index (χ0v) is 16.1. The Morgan fingerprint density at radius 1 is 1.18 bits per heavy atom. The number of carbonyl (C=O) groups is 1. The van der Waals surface area contributed by atoms with Crippen LogP contribution in [0.3, 0.4) is 0 Å². The van der Waals surface area contributed by atoms with Crippen LogP contribution in [0.2, 0.25) is 10.0 Å². The van der Waals surface area contributed by atoms with Crippen LogP contribution in [0, 0.1) is 22.7 Å². The molecule has 1 amide bonds. The van der Waals surface area contributed by atoms with Crippen molar-refractivity contribution in [2.24, 2.45) is 0 Å². The summed E-state index contributed by atoms with van der Waals surface area (Å²) >= 11 is 12.0. The number of nitrogens with one attached hydrogen (secondary N) is 1. The van der Waals surface area contributed by atoms with Crippen molar-refractivity contribution in [1.29, 1.82) is 10.5 Å². The predicted octanol–water partition coefficient (Wildman–Crippen LogP) is 5.41. The lowest BCUT2D eigenvalue weighted by Crippen LogP contribution is -2.13. The van der Waals surface area contributed by atoms with Crippen LogP contribution >= 0.6 is 23.2 Å². The summed E-state index contributed by atoms with van der Waals surface area (Å²) in [6.07, 6.45) is 3.72. The van der Waals surface area contributed by atoms with E-state index in [4.69, 9.17) is 28.5 Å². The molecule has 1 heterocycles. The maximum Gasteiger partial charge on any atom is 0.266 e. The minimum absolute atomic E-state index is 0.0702. The Hall–Kier alpha value is -3.25. The van der Waals surface area contributed by atoms with Gasteiger partial charge in [-0.15, -0.1) is 0 Å². The molecule has 0 bridgehead atoms. The van der Waals surface area contributed by atoms with Crippen molar-refractivity contribution < 1.29 is 4.79 Å². The molecule has 0 radical (unpaired) electrons.